The zero-order chi connectivity index (χ0) is 15.6. The zero-order valence-electron chi connectivity index (χ0n) is 10.4. The lowest BCUT2D eigenvalue weighted by Gasteiger charge is -2.10. The van der Waals surface area contributed by atoms with Crippen molar-refractivity contribution < 1.29 is 13.7 Å². The summed E-state index contributed by atoms with van der Waals surface area (Å²) in [4.78, 5) is 10.2. The number of rotatable bonds is 4. The molecule has 2 rings (SSSR count). The summed E-state index contributed by atoms with van der Waals surface area (Å²) in [5.41, 5.74) is 0.345. The lowest BCUT2D eigenvalue weighted by atomic mass is 10.2. The van der Waals surface area contributed by atoms with Crippen LogP contribution in [0, 0.1) is 21.7 Å². The van der Waals surface area contributed by atoms with Crippen LogP contribution >= 0.6 is 31.9 Å². The normalized spacial score (nSPS) is 10.5. The van der Waals surface area contributed by atoms with E-state index in [1.807, 2.05) is 0 Å². The maximum absolute atomic E-state index is 13.4. The van der Waals surface area contributed by atoms with E-state index in [9.17, 15) is 18.9 Å². The fourth-order valence-corrected chi connectivity index (χ4v) is 2.43. The molecule has 0 heterocycles. The van der Waals surface area contributed by atoms with E-state index in [1.54, 1.807) is 6.07 Å². The highest BCUT2D eigenvalue weighted by Gasteiger charge is 2.17. The Bertz CT molecular complexity index is 711. The van der Waals surface area contributed by atoms with Gasteiger partial charge in [0.2, 0.25) is 0 Å². The molecule has 0 aliphatic rings. The molecular formula is C13H8Br2F2N2O2. The minimum atomic E-state index is -0.723. The monoisotopic (exact) mass is 420 g/mol. The van der Waals surface area contributed by atoms with E-state index in [-0.39, 0.29) is 22.4 Å². The van der Waals surface area contributed by atoms with Crippen molar-refractivity contribution in [2.45, 2.75) is 6.54 Å². The molecule has 0 saturated heterocycles. The molecule has 0 radical (unpaired) electrons. The molecule has 0 amide bonds. The first-order chi connectivity index (χ1) is 9.88. The Labute approximate surface area is 135 Å². The number of nitro benzene ring substituents is 1. The number of hydrogen-bond donors (Lipinski definition) is 1. The molecule has 1 N–H and O–H groups in total. The van der Waals surface area contributed by atoms with E-state index in [0.29, 0.717) is 10.0 Å². The molecule has 0 aliphatic carbocycles. The first-order valence-electron chi connectivity index (χ1n) is 5.69. The van der Waals surface area contributed by atoms with Gasteiger partial charge in [-0.15, -0.1) is 0 Å². The Hall–Kier alpha value is -1.54. The lowest BCUT2D eigenvalue weighted by Crippen LogP contribution is -2.04. The molecule has 2 aromatic carbocycles. The summed E-state index contributed by atoms with van der Waals surface area (Å²) in [7, 11) is 0. The molecule has 21 heavy (non-hydrogen) atoms. The molecule has 8 heteroatoms. The first-order valence-corrected chi connectivity index (χ1v) is 7.28. The van der Waals surface area contributed by atoms with E-state index in [0.717, 1.165) is 6.07 Å². The van der Waals surface area contributed by atoms with Crippen LogP contribution in [0.4, 0.5) is 20.2 Å². The summed E-state index contributed by atoms with van der Waals surface area (Å²) in [6, 6.07) is 6.25. The van der Waals surface area contributed by atoms with Gasteiger partial charge < -0.3 is 5.32 Å². The van der Waals surface area contributed by atoms with Crippen molar-refractivity contribution in [1.82, 2.24) is 0 Å². The minimum absolute atomic E-state index is 0.105. The van der Waals surface area contributed by atoms with Crippen LogP contribution in [0.5, 0.6) is 0 Å². The summed E-state index contributed by atoms with van der Waals surface area (Å²) in [6.07, 6.45) is 0. The number of nitro groups is 1. The molecule has 0 aromatic heterocycles. The van der Waals surface area contributed by atoms with Gasteiger partial charge in [0.25, 0.3) is 5.69 Å². The second-order valence-corrected chi connectivity index (χ2v) is 5.84. The minimum Gasteiger partial charge on any atom is -0.375 e. The average molecular weight is 422 g/mol. The third-order valence-electron chi connectivity index (χ3n) is 2.71. The second kappa shape index (κ2) is 6.48. The maximum atomic E-state index is 13.4. The van der Waals surface area contributed by atoms with Crippen LogP contribution in [0.3, 0.4) is 0 Å². The van der Waals surface area contributed by atoms with Gasteiger partial charge in [0.1, 0.15) is 17.3 Å². The molecule has 0 fully saturated rings. The molecule has 0 unspecified atom stereocenters. The SMILES string of the molecule is O=[N+]([O-])c1cc(F)c(Br)cc1NCc1cc(F)ccc1Br. The predicted octanol–water partition coefficient (Wildman–Crippen LogP) is 5.01. The summed E-state index contributed by atoms with van der Waals surface area (Å²) in [5, 5.41) is 13.7. The van der Waals surface area contributed by atoms with Crippen molar-refractivity contribution in [3.63, 3.8) is 0 Å². The third-order valence-corrected chi connectivity index (χ3v) is 4.09. The number of anilines is 1. The largest absolute Gasteiger partial charge is 0.375 e. The van der Waals surface area contributed by atoms with Crippen LogP contribution in [0.25, 0.3) is 0 Å². The van der Waals surface area contributed by atoms with E-state index < -0.39 is 16.6 Å². The predicted molar refractivity (Wildman–Crippen MR) is 82.2 cm³/mol. The molecule has 2 aromatic rings. The van der Waals surface area contributed by atoms with Crippen molar-refractivity contribution in [3.8, 4) is 0 Å². The smallest absolute Gasteiger partial charge is 0.295 e. The van der Waals surface area contributed by atoms with Crippen molar-refractivity contribution in [1.29, 1.82) is 0 Å². The molecule has 4 nitrogen and oxygen atoms in total. The first kappa shape index (κ1) is 15.8. The number of nitrogens with zero attached hydrogens (tertiary/aromatic N) is 1. The summed E-state index contributed by atoms with van der Waals surface area (Å²) < 4.78 is 27.3. The van der Waals surface area contributed by atoms with Crippen LogP contribution in [-0.4, -0.2) is 4.92 Å². The Morgan fingerprint density at radius 1 is 1.14 bits per heavy atom. The van der Waals surface area contributed by atoms with Crippen molar-refractivity contribution in [3.05, 3.63) is 66.6 Å². The van der Waals surface area contributed by atoms with Crippen LogP contribution < -0.4 is 5.32 Å². The van der Waals surface area contributed by atoms with Gasteiger partial charge in [0.05, 0.1) is 15.5 Å². The van der Waals surface area contributed by atoms with Gasteiger partial charge in [-0.1, -0.05) is 15.9 Å². The highest BCUT2D eigenvalue weighted by atomic mass is 79.9. The number of benzene rings is 2. The summed E-state index contributed by atoms with van der Waals surface area (Å²) in [6.45, 7) is 0.150. The molecular weight excluding hydrogens is 414 g/mol. The van der Waals surface area contributed by atoms with Gasteiger partial charge in [-0.2, -0.15) is 0 Å². The highest BCUT2D eigenvalue weighted by Crippen LogP contribution is 2.31. The fraction of sp³-hybridized carbons (Fsp3) is 0.0769. The van der Waals surface area contributed by atoms with Gasteiger partial charge in [0.15, 0.2) is 0 Å². The van der Waals surface area contributed by atoms with Crippen molar-refractivity contribution >= 4 is 43.2 Å². The Kier molecular flexibility index (Phi) is 4.89. The molecule has 0 saturated carbocycles. The Balaban J connectivity index is 2.29. The van der Waals surface area contributed by atoms with E-state index in [4.69, 9.17) is 0 Å². The molecule has 0 spiro atoms. The summed E-state index contributed by atoms with van der Waals surface area (Å²) >= 11 is 6.24. The van der Waals surface area contributed by atoms with Crippen molar-refractivity contribution in [2.24, 2.45) is 0 Å². The molecule has 0 bridgehead atoms. The molecule has 0 atom stereocenters. The number of hydrogen-bond acceptors (Lipinski definition) is 3. The van der Waals surface area contributed by atoms with Crippen LogP contribution in [0.2, 0.25) is 0 Å². The Morgan fingerprint density at radius 3 is 2.52 bits per heavy atom. The second-order valence-electron chi connectivity index (χ2n) is 4.13. The van der Waals surface area contributed by atoms with Crippen LogP contribution in [-0.2, 0) is 6.54 Å². The highest BCUT2D eigenvalue weighted by molar-refractivity contribution is 9.10. The molecule has 110 valence electrons. The van der Waals surface area contributed by atoms with E-state index >= 15 is 0 Å². The van der Waals surface area contributed by atoms with Gasteiger partial charge in [-0.25, -0.2) is 8.78 Å². The average Bonchev–Trinajstić information content (AvgIpc) is 2.42. The number of halogens is 4. The van der Waals surface area contributed by atoms with Gasteiger partial charge in [-0.05, 0) is 45.8 Å². The quantitative estimate of drug-likeness (QED) is 0.557. The zero-order valence-corrected chi connectivity index (χ0v) is 13.5. The van der Waals surface area contributed by atoms with Gasteiger partial charge in [-0.3, -0.25) is 10.1 Å². The van der Waals surface area contributed by atoms with Gasteiger partial charge in [0, 0.05) is 11.0 Å². The number of nitrogens with one attached hydrogen (secondary N) is 1. The van der Waals surface area contributed by atoms with Gasteiger partial charge >= 0.3 is 0 Å². The third kappa shape index (κ3) is 3.76. The Morgan fingerprint density at radius 2 is 1.86 bits per heavy atom. The fourth-order valence-electron chi connectivity index (χ4n) is 1.70. The van der Waals surface area contributed by atoms with E-state index in [2.05, 4.69) is 37.2 Å². The summed E-state index contributed by atoms with van der Waals surface area (Å²) in [5.74, 6) is -1.14. The van der Waals surface area contributed by atoms with Crippen molar-refractivity contribution in [2.75, 3.05) is 5.32 Å². The molecule has 0 aliphatic heterocycles. The lowest BCUT2D eigenvalue weighted by molar-refractivity contribution is -0.384. The van der Waals surface area contributed by atoms with E-state index in [1.165, 1.54) is 18.2 Å². The van der Waals surface area contributed by atoms with Crippen LogP contribution in [0.1, 0.15) is 5.56 Å². The standard InChI is InChI=1S/C13H8Br2F2N2O2/c14-9-2-1-8(16)3-7(9)6-18-12-4-10(15)11(17)5-13(12)19(20)21/h1-5,18H,6H2. The van der Waals surface area contributed by atoms with Crippen LogP contribution in [0.15, 0.2) is 39.3 Å². The maximum Gasteiger partial charge on any atom is 0.295 e. The topological polar surface area (TPSA) is 55.2 Å².